The molecule has 0 heterocycles. The smallest absolute Gasteiger partial charge is 0.123 e. The van der Waals surface area contributed by atoms with Crippen LogP contribution in [-0.2, 0) is 0 Å². The lowest BCUT2D eigenvalue weighted by Gasteiger charge is -2.31. The molecule has 1 aromatic rings. The maximum Gasteiger partial charge on any atom is 0.123 e. The minimum atomic E-state index is -0.208. The minimum Gasteiger partial charge on any atom is -0.313 e. The first-order valence-corrected chi connectivity index (χ1v) is 6.72. The van der Waals surface area contributed by atoms with Crippen molar-refractivity contribution in [3.05, 3.63) is 34.6 Å². The van der Waals surface area contributed by atoms with Gasteiger partial charge in [-0.1, -0.05) is 30.9 Å². The van der Waals surface area contributed by atoms with E-state index in [-0.39, 0.29) is 11.9 Å². The largest absolute Gasteiger partial charge is 0.313 e. The van der Waals surface area contributed by atoms with E-state index < -0.39 is 0 Å². The molecule has 0 spiro atoms. The van der Waals surface area contributed by atoms with Crippen molar-refractivity contribution >= 4 is 11.6 Å². The van der Waals surface area contributed by atoms with Crippen LogP contribution in [-0.4, -0.2) is 7.05 Å². The summed E-state index contributed by atoms with van der Waals surface area (Å²) < 4.78 is 13.3. The van der Waals surface area contributed by atoms with E-state index in [0.717, 1.165) is 5.56 Å². The van der Waals surface area contributed by atoms with Gasteiger partial charge in [-0.25, -0.2) is 4.39 Å². The molecular formula is C14H19ClFN. The van der Waals surface area contributed by atoms with Gasteiger partial charge in [-0.3, -0.25) is 0 Å². The van der Waals surface area contributed by atoms with Crippen LogP contribution in [0.25, 0.3) is 0 Å². The normalized spacial score (nSPS) is 19.2. The van der Waals surface area contributed by atoms with E-state index in [9.17, 15) is 4.39 Å². The van der Waals surface area contributed by atoms with Gasteiger partial charge in [0.25, 0.3) is 0 Å². The molecule has 0 saturated heterocycles. The van der Waals surface area contributed by atoms with Crippen LogP contribution in [0.1, 0.15) is 43.7 Å². The molecule has 2 rings (SSSR count). The predicted octanol–water partition coefficient (Wildman–Crippen LogP) is 4.32. The molecule has 1 unspecified atom stereocenters. The van der Waals surface area contributed by atoms with Gasteiger partial charge in [-0.15, -0.1) is 0 Å². The van der Waals surface area contributed by atoms with Crippen LogP contribution in [0.3, 0.4) is 0 Å². The second-order valence-corrected chi connectivity index (χ2v) is 5.24. The van der Waals surface area contributed by atoms with Crippen molar-refractivity contribution in [2.45, 2.75) is 38.1 Å². The highest BCUT2D eigenvalue weighted by Crippen LogP contribution is 2.36. The van der Waals surface area contributed by atoms with Gasteiger partial charge >= 0.3 is 0 Å². The summed E-state index contributed by atoms with van der Waals surface area (Å²) in [6.45, 7) is 0. The summed E-state index contributed by atoms with van der Waals surface area (Å²) in [5.41, 5.74) is 0.904. The molecule has 0 amide bonds. The molecule has 1 saturated carbocycles. The maximum atomic E-state index is 13.3. The average molecular weight is 256 g/mol. The predicted molar refractivity (Wildman–Crippen MR) is 69.8 cm³/mol. The number of benzene rings is 1. The standard InChI is InChI=1S/C14H19ClFN/c1-17-14(10-5-3-2-4-6-10)12-9-11(16)7-8-13(12)15/h7-10,14,17H,2-6H2,1H3. The van der Waals surface area contributed by atoms with Crippen molar-refractivity contribution < 1.29 is 4.39 Å². The maximum absolute atomic E-state index is 13.3. The van der Waals surface area contributed by atoms with E-state index in [2.05, 4.69) is 5.32 Å². The van der Waals surface area contributed by atoms with Gasteiger partial charge in [-0.2, -0.15) is 0 Å². The van der Waals surface area contributed by atoms with Crippen molar-refractivity contribution in [1.29, 1.82) is 0 Å². The molecule has 1 nitrogen and oxygen atoms in total. The van der Waals surface area contributed by atoms with E-state index in [1.165, 1.54) is 38.2 Å². The minimum absolute atomic E-state index is 0.179. The highest BCUT2D eigenvalue weighted by molar-refractivity contribution is 6.31. The van der Waals surface area contributed by atoms with Gasteiger partial charge in [0.05, 0.1) is 0 Å². The fraction of sp³-hybridized carbons (Fsp3) is 0.571. The SMILES string of the molecule is CNC(c1cc(F)ccc1Cl)C1CCCCC1. The van der Waals surface area contributed by atoms with Gasteiger partial charge in [0, 0.05) is 11.1 Å². The number of nitrogens with one attached hydrogen (secondary N) is 1. The molecule has 1 aromatic carbocycles. The molecule has 1 atom stereocenters. The lowest BCUT2D eigenvalue weighted by Crippen LogP contribution is -2.27. The molecule has 1 aliphatic rings. The Morgan fingerprint density at radius 3 is 2.65 bits per heavy atom. The Morgan fingerprint density at radius 1 is 1.29 bits per heavy atom. The molecule has 17 heavy (non-hydrogen) atoms. The number of halogens is 2. The monoisotopic (exact) mass is 255 g/mol. The molecule has 1 aliphatic carbocycles. The molecule has 0 aromatic heterocycles. The van der Waals surface area contributed by atoms with Crippen LogP contribution in [0.4, 0.5) is 4.39 Å². The summed E-state index contributed by atoms with van der Waals surface area (Å²) in [7, 11) is 1.93. The third kappa shape index (κ3) is 2.99. The van der Waals surface area contributed by atoms with Gasteiger partial charge in [0.15, 0.2) is 0 Å². The second-order valence-electron chi connectivity index (χ2n) is 4.83. The van der Waals surface area contributed by atoms with Crippen LogP contribution < -0.4 is 5.32 Å². The van der Waals surface area contributed by atoms with E-state index in [4.69, 9.17) is 11.6 Å². The Balaban J connectivity index is 2.24. The Bertz CT molecular complexity index is 374. The molecule has 94 valence electrons. The van der Waals surface area contributed by atoms with Gasteiger partial charge in [0.1, 0.15) is 5.82 Å². The first-order chi connectivity index (χ1) is 8.22. The fourth-order valence-electron chi connectivity index (χ4n) is 2.87. The molecule has 1 N–H and O–H groups in total. The quantitative estimate of drug-likeness (QED) is 0.848. The highest BCUT2D eigenvalue weighted by atomic mass is 35.5. The fourth-order valence-corrected chi connectivity index (χ4v) is 3.10. The molecular weight excluding hydrogens is 237 g/mol. The van der Waals surface area contributed by atoms with E-state index in [1.807, 2.05) is 7.05 Å². The van der Waals surface area contributed by atoms with Gasteiger partial charge in [0.2, 0.25) is 0 Å². The van der Waals surface area contributed by atoms with Gasteiger partial charge in [-0.05, 0) is 49.6 Å². The van der Waals surface area contributed by atoms with Crippen molar-refractivity contribution in [1.82, 2.24) is 5.32 Å². The van der Waals surface area contributed by atoms with Crippen molar-refractivity contribution in [2.75, 3.05) is 7.05 Å². The first-order valence-electron chi connectivity index (χ1n) is 6.34. The highest BCUT2D eigenvalue weighted by Gasteiger charge is 2.25. The van der Waals surface area contributed by atoms with E-state index in [0.29, 0.717) is 10.9 Å². The molecule has 0 aliphatic heterocycles. The zero-order valence-electron chi connectivity index (χ0n) is 10.2. The Kier molecular flexibility index (Phi) is 4.41. The molecule has 0 radical (unpaired) electrons. The topological polar surface area (TPSA) is 12.0 Å². The first kappa shape index (κ1) is 12.8. The second kappa shape index (κ2) is 5.83. The number of hydrogen-bond acceptors (Lipinski definition) is 1. The lowest BCUT2D eigenvalue weighted by atomic mass is 9.81. The van der Waals surface area contributed by atoms with Crippen LogP contribution in [0.15, 0.2) is 18.2 Å². The van der Waals surface area contributed by atoms with Crippen molar-refractivity contribution in [3.8, 4) is 0 Å². The molecule has 1 fully saturated rings. The molecule has 3 heteroatoms. The average Bonchev–Trinajstić information content (AvgIpc) is 2.36. The van der Waals surface area contributed by atoms with E-state index >= 15 is 0 Å². The number of rotatable bonds is 3. The zero-order valence-corrected chi connectivity index (χ0v) is 10.9. The van der Waals surface area contributed by atoms with Crippen molar-refractivity contribution in [3.63, 3.8) is 0 Å². The number of hydrogen-bond donors (Lipinski definition) is 1. The Morgan fingerprint density at radius 2 is 2.00 bits per heavy atom. The third-order valence-corrected chi connectivity index (χ3v) is 4.07. The van der Waals surface area contributed by atoms with Crippen LogP contribution in [0.2, 0.25) is 5.02 Å². The van der Waals surface area contributed by atoms with Crippen LogP contribution in [0.5, 0.6) is 0 Å². The Labute approximate surface area is 107 Å². The summed E-state index contributed by atoms with van der Waals surface area (Å²) in [4.78, 5) is 0. The summed E-state index contributed by atoms with van der Waals surface area (Å²) >= 11 is 6.18. The van der Waals surface area contributed by atoms with Gasteiger partial charge < -0.3 is 5.32 Å². The zero-order chi connectivity index (χ0) is 12.3. The van der Waals surface area contributed by atoms with Crippen molar-refractivity contribution in [2.24, 2.45) is 5.92 Å². The summed E-state index contributed by atoms with van der Waals surface area (Å²) in [6.07, 6.45) is 6.28. The summed E-state index contributed by atoms with van der Waals surface area (Å²) in [5, 5.41) is 3.97. The Hall–Kier alpha value is -0.600. The van der Waals surface area contributed by atoms with Crippen LogP contribution >= 0.6 is 11.6 Å². The summed E-state index contributed by atoms with van der Waals surface area (Å²) in [6, 6.07) is 4.81. The van der Waals surface area contributed by atoms with Crippen LogP contribution in [0, 0.1) is 11.7 Å². The lowest BCUT2D eigenvalue weighted by molar-refractivity contribution is 0.281. The third-order valence-electron chi connectivity index (χ3n) is 3.73. The summed E-state index contributed by atoms with van der Waals surface area (Å²) in [5.74, 6) is 0.369. The molecule has 0 bridgehead atoms. The van der Waals surface area contributed by atoms with E-state index in [1.54, 1.807) is 12.1 Å².